The number of aryl methyl sites for hydroxylation is 3. The van der Waals surface area contributed by atoms with Crippen molar-refractivity contribution in [3.8, 4) is 0 Å². The lowest BCUT2D eigenvalue weighted by atomic mass is 10.2. The van der Waals surface area contributed by atoms with E-state index in [1.54, 1.807) is 4.40 Å². The Morgan fingerprint density at radius 1 is 1.14 bits per heavy atom. The van der Waals surface area contributed by atoms with E-state index >= 15 is 0 Å². The fraction of sp³-hybridized carbons (Fsp3) is 0.316. The van der Waals surface area contributed by atoms with Crippen LogP contribution in [0, 0.1) is 19.7 Å². The number of imidazole rings is 2. The Balaban J connectivity index is 2.08. The van der Waals surface area contributed by atoms with Crippen molar-refractivity contribution in [1.29, 1.82) is 0 Å². The highest BCUT2D eigenvalue weighted by Crippen LogP contribution is 2.22. The molecule has 0 aliphatic heterocycles. The SMILES string of the molecule is Cc1c(C)n2c3c(=O)n(Cc4c(F)cccc4Cl)c(=O)n(C)c3nc2n1CCCl. The highest BCUT2D eigenvalue weighted by molar-refractivity contribution is 6.31. The van der Waals surface area contributed by atoms with E-state index in [9.17, 15) is 14.0 Å². The van der Waals surface area contributed by atoms with E-state index in [0.29, 0.717) is 18.2 Å². The summed E-state index contributed by atoms with van der Waals surface area (Å²) in [5.41, 5.74) is 1.19. The molecular weight excluding hydrogens is 420 g/mol. The minimum atomic E-state index is -0.596. The first-order chi connectivity index (χ1) is 13.8. The Hall–Kier alpha value is -2.58. The smallest absolute Gasteiger partial charge is 0.313 e. The number of halogens is 3. The molecule has 0 unspecified atom stereocenters. The fourth-order valence-corrected chi connectivity index (χ4v) is 4.04. The van der Waals surface area contributed by atoms with Gasteiger partial charge in [-0.05, 0) is 26.0 Å². The van der Waals surface area contributed by atoms with Crippen LogP contribution in [0.2, 0.25) is 5.02 Å². The van der Waals surface area contributed by atoms with Crippen LogP contribution in [0.3, 0.4) is 0 Å². The highest BCUT2D eigenvalue weighted by atomic mass is 35.5. The largest absolute Gasteiger partial charge is 0.332 e. The summed E-state index contributed by atoms with van der Waals surface area (Å²) in [5, 5.41) is 0.151. The van der Waals surface area contributed by atoms with Gasteiger partial charge in [-0.25, -0.2) is 9.18 Å². The molecule has 0 radical (unpaired) electrons. The molecule has 0 saturated heterocycles. The van der Waals surface area contributed by atoms with Gasteiger partial charge in [0.15, 0.2) is 11.2 Å². The van der Waals surface area contributed by atoms with Crippen molar-refractivity contribution in [2.24, 2.45) is 7.05 Å². The lowest BCUT2D eigenvalue weighted by Gasteiger charge is -2.10. The summed E-state index contributed by atoms with van der Waals surface area (Å²) in [4.78, 5) is 30.7. The van der Waals surface area contributed by atoms with E-state index in [4.69, 9.17) is 23.2 Å². The molecule has 0 amide bonds. The average Bonchev–Trinajstić information content (AvgIpc) is 3.18. The Morgan fingerprint density at radius 3 is 2.52 bits per heavy atom. The second-order valence-electron chi connectivity index (χ2n) is 6.86. The Kier molecular flexibility index (Phi) is 4.78. The molecule has 0 aliphatic carbocycles. The second-order valence-corrected chi connectivity index (χ2v) is 7.65. The number of nitrogens with zero attached hydrogens (tertiary/aromatic N) is 5. The molecule has 0 N–H and O–H groups in total. The van der Waals surface area contributed by atoms with Gasteiger partial charge in [0.2, 0.25) is 5.78 Å². The van der Waals surface area contributed by atoms with Gasteiger partial charge in [0.05, 0.1) is 6.54 Å². The zero-order valence-electron chi connectivity index (χ0n) is 16.0. The summed E-state index contributed by atoms with van der Waals surface area (Å²) in [5.74, 6) is 0.331. The van der Waals surface area contributed by atoms with Gasteiger partial charge >= 0.3 is 5.69 Å². The third-order valence-corrected chi connectivity index (χ3v) is 5.84. The molecule has 3 heterocycles. The van der Waals surface area contributed by atoms with Crippen LogP contribution in [0.1, 0.15) is 17.0 Å². The third-order valence-electron chi connectivity index (χ3n) is 5.32. The molecule has 0 aliphatic rings. The van der Waals surface area contributed by atoms with Gasteiger partial charge in [0.1, 0.15) is 5.82 Å². The predicted octanol–water partition coefficient (Wildman–Crippen LogP) is 2.85. The van der Waals surface area contributed by atoms with Crippen molar-refractivity contribution >= 4 is 40.1 Å². The van der Waals surface area contributed by atoms with E-state index in [1.807, 2.05) is 18.4 Å². The maximum Gasteiger partial charge on any atom is 0.332 e. The zero-order chi connectivity index (χ0) is 21.0. The molecule has 29 heavy (non-hydrogen) atoms. The summed E-state index contributed by atoms with van der Waals surface area (Å²) in [6, 6.07) is 4.23. The molecule has 10 heteroatoms. The van der Waals surface area contributed by atoms with E-state index in [0.717, 1.165) is 16.0 Å². The molecule has 0 spiro atoms. The first kappa shape index (κ1) is 19.7. The van der Waals surface area contributed by atoms with Crippen molar-refractivity contribution in [1.82, 2.24) is 23.1 Å². The monoisotopic (exact) mass is 437 g/mol. The quantitative estimate of drug-likeness (QED) is 0.461. The van der Waals surface area contributed by atoms with Crippen molar-refractivity contribution in [2.45, 2.75) is 26.9 Å². The molecule has 0 atom stereocenters. The lowest BCUT2D eigenvalue weighted by molar-refractivity contribution is 0.582. The zero-order valence-corrected chi connectivity index (χ0v) is 17.6. The molecule has 152 valence electrons. The maximum atomic E-state index is 14.3. The summed E-state index contributed by atoms with van der Waals surface area (Å²) in [6.45, 7) is 4.03. The lowest BCUT2D eigenvalue weighted by Crippen LogP contribution is -2.40. The minimum absolute atomic E-state index is 0.0843. The maximum absolute atomic E-state index is 14.3. The van der Waals surface area contributed by atoms with Crippen LogP contribution in [-0.4, -0.2) is 29.0 Å². The average molecular weight is 438 g/mol. The summed E-state index contributed by atoms with van der Waals surface area (Å²) in [6.07, 6.45) is 0. The Bertz CT molecular complexity index is 1380. The van der Waals surface area contributed by atoms with Crippen LogP contribution in [0.5, 0.6) is 0 Å². The molecule has 7 nitrogen and oxygen atoms in total. The van der Waals surface area contributed by atoms with Gasteiger partial charge < -0.3 is 4.57 Å². The van der Waals surface area contributed by atoms with Crippen LogP contribution in [0.4, 0.5) is 4.39 Å². The second kappa shape index (κ2) is 7.03. The van der Waals surface area contributed by atoms with E-state index in [2.05, 4.69) is 4.98 Å². The summed E-state index contributed by atoms with van der Waals surface area (Å²) >= 11 is 12.0. The number of fused-ring (bicyclic) bond motifs is 3. The minimum Gasteiger partial charge on any atom is -0.313 e. The molecule has 0 saturated carbocycles. The van der Waals surface area contributed by atoms with Crippen molar-refractivity contribution in [3.05, 3.63) is 66.8 Å². The first-order valence-corrected chi connectivity index (χ1v) is 9.85. The normalized spacial score (nSPS) is 11.8. The Morgan fingerprint density at radius 2 is 1.86 bits per heavy atom. The van der Waals surface area contributed by atoms with Gasteiger partial charge in [0, 0.05) is 41.4 Å². The standard InChI is InChI=1S/C19H18Cl2FN5O2/c1-10-11(2)27-15-16(23-18(27)25(10)8-7-20)24(3)19(29)26(17(15)28)9-12-13(21)5-4-6-14(12)22/h4-6H,7-9H2,1-3H3. The van der Waals surface area contributed by atoms with E-state index in [-0.39, 0.29) is 28.3 Å². The van der Waals surface area contributed by atoms with Gasteiger partial charge in [-0.1, -0.05) is 17.7 Å². The number of alkyl halides is 1. The predicted molar refractivity (Wildman–Crippen MR) is 111 cm³/mol. The van der Waals surface area contributed by atoms with Gasteiger partial charge in [0.25, 0.3) is 5.56 Å². The van der Waals surface area contributed by atoms with Gasteiger partial charge in [-0.15, -0.1) is 11.6 Å². The number of rotatable bonds is 4. The van der Waals surface area contributed by atoms with Crippen LogP contribution < -0.4 is 11.2 Å². The van der Waals surface area contributed by atoms with E-state index in [1.165, 1.54) is 29.8 Å². The molecule has 0 bridgehead atoms. The summed E-state index contributed by atoms with van der Waals surface area (Å²) in [7, 11) is 1.53. The topological polar surface area (TPSA) is 66.2 Å². The number of hydrogen-bond acceptors (Lipinski definition) is 3. The van der Waals surface area contributed by atoms with E-state index < -0.39 is 17.1 Å². The summed E-state index contributed by atoms with van der Waals surface area (Å²) < 4.78 is 20.2. The Labute approximate surface area is 174 Å². The van der Waals surface area contributed by atoms with Crippen LogP contribution >= 0.6 is 23.2 Å². The first-order valence-electron chi connectivity index (χ1n) is 8.94. The van der Waals surface area contributed by atoms with Crippen molar-refractivity contribution in [2.75, 3.05) is 5.88 Å². The molecular formula is C19H18Cl2FN5O2. The van der Waals surface area contributed by atoms with Crippen molar-refractivity contribution < 1.29 is 4.39 Å². The highest BCUT2D eigenvalue weighted by Gasteiger charge is 2.23. The molecule has 4 rings (SSSR count). The van der Waals surface area contributed by atoms with Crippen LogP contribution in [0.15, 0.2) is 27.8 Å². The number of aromatic nitrogens is 5. The molecule has 0 fully saturated rings. The molecule has 1 aromatic carbocycles. The number of hydrogen-bond donors (Lipinski definition) is 0. The van der Waals surface area contributed by atoms with Gasteiger partial charge in [-0.3, -0.25) is 18.3 Å². The fourth-order valence-electron chi connectivity index (χ4n) is 3.65. The van der Waals surface area contributed by atoms with Crippen LogP contribution in [0.25, 0.3) is 16.9 Å². The molecule has 3 aromatic heterocycles. The third kappa shape index (κ3) is 2.81. The molecule has 4 aromatic rings. The van der Waals surface area contributed by atoms with Crippen molar-refractivity contribution in [3.63, 3.8) is 0 Å². The van der Waals surface area contributed by atoms with Gasteiger partial charge in [-0.2, -0.15) is 4.98 Å². The number of benzene rings is 1. The van der Waals surface area contributed by atoms with Crippen LogP contribution in [-0.2, 0) is 20.1 Å².